The van der Waals surface area contributed by atoms with Crippen LogP contribution in [0, 0.1) is 5.92 Å². The molecule has 0 N–H and O–H groups in total. The van der Waals surface area contributed by atoms with E-state index in [2.05, 4.69) is 40.9 Å². The van der Waals surface area contributed by atoms with Crippen LogP contribution in [0.1, 0.15) is 38.6 Å². The highest BCUT2D eigenvalue weighted by Gasteiger charge is 2.34. The average molecular weight is 381 g/mol. The van der Waals surface area contributed by atoms with Gasteiger partial charge in [0.25, 0.3) is 0 Å². The highest BCUT2D eigenvalue weighted by atomic mass is 19.4. The van der Waals surface area contributed by atoms with Gasteiger partial charge in [0.15, 0.2) is 0 Å². The number of hydrogen-bond donors (Lipinski definition) is 0. The average Bonchev–Trinajstić information content (AvgIpc) is 3.08. The minimum absolute atomic E-state index is 0.0809. The van der Waals surface area contributed by atoms with E-state index < -0.39 is 11.9 Å². The van der Waals surface area contributed by atoms with Gasteiger partial charge in [-0.05, 0) is 18.6 Å². The van der Waals surface area contributed by atoms with Crippen molar-refractivity contribution < 1.29 is 17.9 Å². The van der Waals surface area contributed by atoms with Crippen LogP contribution in [0.2, 0.25) is 0 Å². The van der Waals surface area contributed by atoms with E-state index in [4.69, 9.17) is 4.74 Å². The first kappa shape index (κ1) is 19.3. The van der Waals surface area contributed by atoms with E-state index >= 15 is 0 Å². The highest BCUT2D eigenvalue weighted by molar-refractivity contribution is 5.32. The Bertz CT molecular complexity index is 774. The van der Waals surface area contributed by atoms with Gasteiger partial charge < -0.3 is 9.64 Å². The van der Waals surface area contributed by atoms with Gasteiger partial charge in [-0.25, -0.2) is 9.97 Å². The van der Waals surface area contributed by atoms with Gasteiger partial charge in [0.05, 0.1) is 12.3 Å². The van der Waals surface area contributed by atoms with E-state index in [-0.39, 0.29) is 17.3 Å². The second kappa shape index (κ2) is 7.28. The molecule has 2 aromatic rings. The van der Waals surface area contributed by atoms with Crippen LogP contribution in [0.5, 0.6) is 5.88 Å². The van der Waals surface area contributed by atoms with Gasteiger partial charge in [-0.1, -0.05) is 20.8 Å². The van der Waals surface area contributed by atoms with Gasteiger partial charge in [0.2, 0.25) is 11.8 Å². The third-order valence-electron chi connectivity index (χ3n) is 4.38. The summed E-state index contributed by atoms with van der Waals surface area (Å²) in [6.07, 6.45) is -2.55. The number of nitrogens with zero attached hydrogens (tertiary/aromatic N) is 5. The van der Waals surface area contributed by atoms with E-state index in [0.29, 0.717) is 25.6 Å². The van der Waals surface area contributed by atoms with Crippen LogP contribution in [-0.2, 0) is 11.6 Å². The van der Waals surface area contributed by atoms with Gasteiger partial charge in [-0.15, -0.1) is 5.10 Å². The minimum atomic E-state index is -4.47. The summed E-state index contributed by atoms with van der Waals surface area (Å²) in [5.74, 6) is 0.700. The number of halogens is 3. The molecule has 0 aliphatic carbocycles. The predicted molar refractivity (Wildman–Crippen MR) is 93.6 cm³/mol. The summed E-state index contributed by atoms with van der Waals surface area (Å²) in [4.78, 5) is 9.36. The molecule has 1 fully saturated rings. The molecule has 1 unspecified atom stereocenters. The number of hydrogen-bond acceptors (Lipinski definition) is 6. The van der Waals surface area contributed by atoms with Crippen LogP contribution in [0.4, 0.5) is 19.1 Å². The second-order valence-electron chi connectivity index (χ2n) is 7.66. The summed E-state index contributed by atoms with van der Waals surface area (Å²) in [5, 5.41) is 8.26. The Kier molecular flexibility index (Phi) is 5.21. The lowest BCUT2D eigenvalue weighted by molar-refractivity contribution is -0.141. The maximum atomic E-state index is 12.8. The Morgan fingerprint density at radius 2 is 1.89 bits per heavy atom. The van der Waals surface area contributed by atoms with Crippen molar-refractivity contribution in [3.05, 3.63) is 35.8 Å². The summed E-state index contributed by atoms with van der Waals surface area (Å²) < 4.78 is 44.1. The van der Waals surface area contributed by atoms with Crippen LogP contribution >= 0.6 is 0 Å². The molecule has 1 aliphatic rings. The number of ether oxygens (including phenoxy) is 1. The van der Waals surface area contributed by atoms with Gasteiger partial charge in [-0.3, -0.25) is 0 Å². The van der Waals surface area contributed by atoms with E-state index in [9.17, 15) is 13.2 Å². The number of aromatic nitrogens is 4. The first-order valence-electron chi connectivity index (χ1n) is 8.75. The van der Waals surface area contributed by atoms with Crippen LogP contribution < -0.4 is 9.64 Å². The molecule has 0 bridgehead atoms. The monoisotopic (exact) mass is 381 g/mol. The Morgan fingerprint density at radius 1 is 1.11 bits per heavy atom. The molecule has 2 aromatic heterocycles. The van der Waals surface area contributed by atoms with Crippen molar-refractivity contribution in [1.29, 1.82) is 0 Å². The number of anilines is 1. The molecule has 0 amide bonds. The first-order valence-corrected chi connectivity index (χ1v) is 8.75. The summed E-state index contributed by atoms with van der Waals surface area (Å²) >= 11 is 0. The van der Waals surface area contributed by atoms with Gasteiger partial charge >= 0.3 is 6.18 Å². The van der Waals surface area contributed by atoms with Crippen molar-refractivity contribution in [3.8, 4) is 5.88 Å². The molecule has 9 heteroatoms. The summed E-state index contributed by atoms with van der Waals surface area (Å²) in [5.41, 5.74) is -0.132. The zero-order valence-corrected chi connectivity index (χ0v) is 15.5. The van der Waals surface area contributed by atoms with E-state index in [1.807, 2.05) is 6.07 Å². The Labute approximate surface area is 155 Å². The summed E-state index contributed by atoms with van der Waals surface area (Å²) in [6, 6.07) is 4.55. The SMILES string of the molecule is CC(C)(C)c1ccc(OCC2CCN(c3nccc(C(F)(F)F)n3)C2)nn1. The van der Waals surface area contributed by atoms with E-state index in [1.165, 1.54) is 0 Å². The van der Waals surface area contributed by atoms with Crippen molar-refractivity contribution in [1.82, 2.24) is 20.2 Å². The van der Waals surface area contributed by atoms with Gasteiger partial charge in [0.1, 0.15) is 5.69 Å². The Hall–Kier alpha value is -2.45. The van der Waals surface area contributed by atoms with Crippen molar-refractivity contribution in [2.24, 2.45) is 5.92 Å². The predicted octanol–water partition coefficient (Wildman–Crippen LogP) is 3.49. The molecule has 1 aliphatic heterocycles. The zero-order valence-electron chi connectivity index (χ0n) is 15.5. The van der Waals surface area contributed by atoms with E-state index in [1.54, 1.807) is 11.0 Å². The number of alkyl halides is 3. The maximum Gasteiger partial charge on any atom is 0.433 e. The molecule has 3 heterocycles. The smallest absolute Gasteiger partial charge is 0.433 e. The zero-order chi connectivity index (χ0) is 19.7. The highest BCUT2D eigenvalue weighted by Crippen LogP contribution is 2.29. The molecule has 0 spiro atoms. The van der Waals surface area contributed by atoms with Crippen LogP contribution in [0.3, 0.4) is 0 Å². The first-order chi connectivity index (χ1) is 12.6. The Morgan fingerprint density at radius 3 is 2.52 bits per heavy atom. The summed E-state index contributed by atoms with van der Waals surface area (Å²) in [7, 11) is 0. The minimum Gasteiger partial charge on any atom is -0.476 e. The third kappa shape index (κ3) is 4.84. The third-order valence-corrected chi connectivity index (χ3v) is 4.38. The number of rotatable bonds is 4. The van der Waals surface area contributed by atoms with Crippen molar-refractivity contribution >= 4 is 5.95 Å². The molecule has 6 nitrogen and oxygen atoms in total. The Balaban J connectivity index is 1.56. The van der Waals surface area contributed by atoms with Crippen molar-refractivity contribution in [2.45, 2.75) is 38.8 Å². The second-order valence-corrected chi connectivity index (χ2v) is 7.66. The molecule has 146 valence electrons. The molecule has 0 radical (unpaired) electrons. The lowest BCUT2D eigenvalue weighted by Gasteiger charge is -2.18. The summed E-state index contributed by atoms with van der Waals surface area (Å²) in [6.45, 7) is 7.71. The topological polar surface area (TPSA) is 64.0 Å². The van der Waals surface area contributed by atoms with Crippen molar-refractivity contribution in [3.63, 3.8) is 0 Å². The molecule has 0 aromatic carbocycles. The van der Waals surface area contributed by atoms with E-state index in [0.717, 1.165) is 24.4 Å². The fourth-order valence-corrected chi connectivity index (χ4v) is 2.81. The fraction of sp³-hybridized carbons (Fsp3) is 0.556. The fourth-order valence-electron chi connectivity index (χ4n) is 2.81. The van der Waals surface area contributed by atoms with Crippen LogP contribution in [-0.4, -0.2) is 39.9 Å². The molecule has 1 saturated heterocycles. The molecule has 0 saturated carbocycles. The van der Waals surface area contributed by atoms with Gasteiger partial charge in [-0.2, -0.15) is 18.3 Å². The molecule has 27 heavy (non-hydrogen) atoms. The quantitative estimate of drug-likeness (QED) is 0.808. The van der Waals surface area contributed by atoms with Crippen LogP contribution in [0.25, 0.3) is 0 Å². The standard InChI is InChI=1S/C18H22F3N5O/c1-17(2,3)13-4-5-15(25-24-13)27-11-12-7-9-26(10-12)16-22-8-6-14(23-16)18(19,20)21/h4-6,8,12H,7,9-11H2,1-3H3. The van der Waals surface area contributed by atoms with Crippen LogP contribution in [0.15, 0.2) is 24.4 Å². The molecular formula is C18H22F3N5O. The molecule has 3 rings (SSSR count). The van der Waals surface area contributed by atoms with Gasteiger partial charge in [0, 0.05) is 36.7 Å². The maximum absolute atomic E-state index is 12.8. The van der Waals surface area contributed by atoms with Crippen molar-refractivity contribution in [2.75, 3.05) is 24.6 Å². The lowest BCUT2D eigenvalue weighted by Crippen LogP contribution is -2.25. The normalized spacial score (nSPS) is 18.0. The lowest BCUT2D eigenvalue weighted by atomic mass is 9.92. The largest absolute Gasteiger partial charge is 0.476 e. The molecular weight excluding hydrogens is 359 g/mol. The molecule has 1 atom stereocenters.